The molecule has 0 bridgehead atoms. The van der Waals surface area contributed by atoms with Crippen molar-refractivity contribution in [1.29, 1.82) is 0 Å². The summed E-state index contributed by atoms with van der Waals surface area (Å²) in [6.07, 6.45) is 0.438. The van der Waals surface area contributed by atoms with Crippen molar-refractivity contribution in [3.05, 3.63) is 47.3 Å². The number of ether oxygens (including phenoxy) is 1. The summed E-state index contributed by atoms with van der Waals surface area (Å²) < 4.78 is 44.0. The lowest BCUT2D eigenvalue weighted by molar-refractivity contribution is -0.137. The van der Waals surface area contributed by atoms with Crippen molar-refractivity contribution in [3.63, 3.8) is 0 Å². The van der Waals surface area contributed by atoms with Crippen LogP contribution in [-0.2, 0) is 6.18 Å². The number of rotatable bonds is 5. The molecular formula is C15H18F3N3O. The Kier molecular flexibility index (Phi) is 4.54. The van der Waals surface area contributed by atoms with E-state index in [0.717, 1.165) is 25.0 Å². The van der Waals surface area contributed by atoms with Crippen molar-refractivity contribution in [2.24, 2.45) is 23.1 Å². The fourth-order valence-electron chi connectivity index (χ4n) is 1.82. The van der Waals surface area contributed by atoms with Crippen LogP contribution in [0.5, 0.6) is 5.75 Å². The predicted octanol–water partition coefficient (Wildman–Crippen LogP) is 2.55. The van der Waals surface area contributed by atoms with Gasteiger partial charge in [0.2, 0.25) is 0 Å². The first-order valence-corrected chi connectivity index (χ1v) is 6.80. The lowest BCUT2D eigenvalue weighted by Crippen LogP contribution is -2.10. The summed E-state index contributed by atoms with van der Waals surface area (Å²) in [6, 6.07) is 3.22. The van der Waals surface area contributed by atoms with Gasteiger partial charge in [-0.2, -0.15) is 13.2 Å². The Bertz CT molecular complexity index is 601. The third-order valence-corrected chi connectivity index (χ3v) is 3.25. The molecule has 6 N–H and O–H groups in total. The van der Waals surface area contributed by atoms with Gasteiger partial charge in [0.05, 0.1) is 18.0 Å². The molecule has 2 rings (SSSR count). The Morgan fingerprint density at radius 3 is 2.41 bits per heavy atom. The summed E-state index contributed by atoms with van der Waals surface area (Å²) in [7, 11) is 0. The minimum Gasteiger partial charge on any atom is -0.493 e. The quantitative estimate of drug-likeness (QED) is 0.729. The van der Waals surface area contributed by atoms with Crippen molar-refractivity contribution >= 4 is 5.70 Å². The maximum absolute atomic E-state index is 12.8. The van der Waals surface area contributed by atoms with E-state index in [1.807, 2.05) is 0 Å². The number of hydrogen-bond acceptors (Lipinski definition) is 4. The second-order valence-electron chi connectivity index (χ2n) is 5.25. The molecule has 1 saturated carbocycles. The fourth-order valence-corrected chi connectivity index (χ4v) is 1.82. The molecule has 1 aromatic carbocycles. The van der Waals surface area contributed by atoms with E-state index in [0.29, 0.717) is 18.1 Å². The first-order valence-electron chi connectivity index (χ1n) is 6.80. The van der Waals surface area contributed by atoms with Crippen LogP contribution in [0.3, 0.4) is 0 Å². The van der Waals surface area contributed by atoms with Crippen LogP contribution in [-0.4, -0.2) is 6.61 Å². The highest BCUT2D eigenvalue weighted by Crippen LogP contribution is 2.36. The van der Waals surface area contributed by atoms with Crippen LogP contribution in [0.2, 0.25) is 0 Å². The van der Waals surface area contributed by atoms with Crippen LogP contribution in [0.15, 0.2) is 36.2 Å². The van der Waals surface area contributed by atoms with Crippen molar-refractivity contribution in [1.82, 2.24) is 0 Å². The fraction of sp³-hybridized carbons (Fsp3) is 0.333. The van der Waals surface area contributed by atoms with E-state index < -0.39 is 11.7 Å². The molecule has 0 radical (unpaired) electrons. The minimum absolute atomic E-state index is 0.0512. The van der Waals surface area contributed by atoms with Crippen molar-refractivity contribution < 1.29 is 17.9 Å². The molecule has 0 amide bonds. The van der Waals surface area contributed by atoms with E-state index in [4.69, 9.17) is 21.9 Å². The standard InChI is InChI=1S/C15H18F3N3O/c16-15(17,18)10-3-4-11(12(19)5-6-14(20)21)13(7-10)22-8-9-1-2-9/h3-7,9H,1-2,8,19-21H2/b12-5-. The molecule has 1 aromatic rings. The molecule has 0 heterocycles. The third kappa shape index (κ3) is 4.34. The lowest BCUT2D eigenvalue weighted by atomic mass is 10.1. The van der Waals surface area contributed by atoms with Crippen molar-refractivity contribution in [2.45, 2.75) is 19.0 Å². The van der Waals surface area contributed by atoms with E-state index in [-0.39, 0.29) is 17.3 Å². The Balaban J connectivity index is 2.33. The summed E-state index contributed by atoms with van der Waals surface area (Å²) >= 11 is 0. The van der Waals surface area contributed by atoms with Gasteiger partial charge in [0.1, 0.15) is 5.75 Å². The zero-order valence-corrected chi connectivity index (χ0v) is 11.9. The number of halogens is 3. The van der Waals surface area contributed by atoms with Crippen LogP contribution in [0, 0.1) is 5.92 Å². The molecule has 1 aliphatic carbocycles. The first-order chi connectivity index (χ1) is 10.3. The molecule has 0 saturated heterocycles. The minimum atomic E-state index is -4.43. The highest BCUT2D eigenvalue weighted by Gasteiger charge is 2.32. The Labute approximate surface area is 126 Å². The summed E-state index contributed by atoms with van der Waals surface area (Å²) in [4.78, 5) is 0. The average Bonchev–Trinajstić information content (AvgIpc) is 3.25. The van der Waals surface area contributed by atoms with Crippen molar-refractivity contribution in [2.75, 3.05) is 6.61 Å². The van der Waals surface area contributed by atoms with Gasteiger partial charge in [-0.25, -0.2) is 0 Å². The highest BCUT2D eigenvalue weighted by molar-refractivity contribution is 5.70. The molecule has 4 nitrogen and oxygen atoms in total. The van der Waals surface area contributed by atoms with E-state index in [1.165, 1.54) is 18.2 Å². The molecule has 0 atom stereocenters. The zero-order chi connectivity index (χ0) is 16.3. The molecule has 0 spiro atoms. The number of alkyl halides is 3. The van der Waals surface area contributed by atoms with E-state index in [2.05, 4.69) is 0 Å². The van der Waals surface area contributed by atoms with Gasteiger partial charge in [-0.05, 0) is 49.1 Å². The van der Waals surface area contributed by atoms with E-state index >= 15 is 0 Å². The molecule has 7 heteroatoms. The largest absolute Gasteiger partial charge is 0.493 e. The van der Waals surface area contributed by atoms with E-state index in [9.17, 15) is 13.2 Å². The van der Waals surface area contributed by atoms with Crippen LogP contribution in [0.1, 0.15) is 24.0 Å². The molecule has 0 aromatic heterocycles. The van der Waals surface area contributed by atoms with Gasteiger partial charge in [-0.3, -0.25) is 0 Å². The Hall–Kier alpha value is -2.31. The topological polar surface area (TPSA) is 87.3 Å². The maximum Gasteiger partial charge on any atom is 0.416 e. The summed E-state index contributed by atoms with van der Waals surface area (Å²) in [5.41, 5.74) is 16.3. The number of nitrogens with two attached hydrogens (primary N) is 3. The summed E-state index contributed by atoms with van der Waals surface area (Å²) in [5, 5.41) is 0. The van der Waals surface area contributed by atoms with Gasteiger partial charge in [-0.1, -0.05) is 0 Å². The van der Waals surface area contributed by atoms with Crippen LogP contribution in [0.4, 0.5) is 13.2 Å². The van der Waals surface area contributed by atoms with Crippen LogP contribution < -0.4 is 21.9 Å². The zero-order valence-electron chi connectivity index (χ0n) is 11.9. The summed E-state index contributed by atoms with van der Waals surface area (Å²) in [5.74, 6) is 0.571. The molecule has 0 aliphatic heterocycles. The van der Waals surface area contributed by atoms with Crippen LogP contribution in [0.25, 0.3) is 5.70 Å². The smallest absolute Gasteiger partial charge is 0.416 e. The second kappa shape index (κ2) is 6.21. The van der Waals surface area contributed by atoms with Gasteiger partial charge in [-0.15, -0.1) is 0 Å². The molecule has 1 fully saturated rings. The predicted molar refractivity (Wildman–Crippen MR) is 78.3 cm³/mol. The van der Waals surface area contributed by atoms with E-state index in [1.54, 1.807) is 0 Å². The average molecular weight is 313 g/mol. The molecule has 1 aliphatic rings. The number of benzene rings is 1. The lowest BCUT2D eigenvalue weighted by Gasteiger charge is -2.15. The third-order valence-electron chi connectivity index (χ3n) is 3.25. The van der Waals surface area contributed by atoms with Gasteiger partial charge in [0.15, 0.2) is 0 Å². The van der Waals surface area contributed by atoms with Gasteiger partial charge >= 0.3 is 6.18 Å². The first kappa shape index (κ1) is 16.1. The molecule has 22 heavy (non-hydrogen) atoms. The molecule has 120 valence electrons. The summed E-state index contributed by atoms with van der Waals surface area (Å²) in [6.45, 7) is 0.385. The second-order valence-corrected chi connectivity index (χ2v) is 5.25. The highest BCUT2D eigenvalue weighted by atomic mass is 19.4. The molecular weight excluding hydrogens is 295 g/mol. The molecule has 0 unspecified atom stereocenters. The van der Waals surface area contributed by atoms with Gasteiger partial charge < -0.3 is 21.9 Å². The normalized spacial score (nSPS) is 15.5. The number of hydrogen-bond donors (Lipinski definition) is 3. The number of allylic oxidation sites excluding steroid dienone is 2. The Morgan fingerprint density at radius 2 is 1.86 bits per heavy atom. The van der Waals surface area contributed by atoms with Gasteiger partial charge in [0.25, 0.3) is 0 Å². The monoisotopic (exact) mass is 313 g/mol. The van der Waals surface area contributed by atoms with Crippen molar-refractivity contribution in [3.8, 4) is 5.75 Å². The Morgan fingerprint density at radius 1 is 1.18 bits per heavy atom. The maximum atomic E-state index is 12.8. The van der Waals surface area contributed by atoms with Gasteiger partial charge in [0, 0.05) is 11.3 Å². The SMILES string of the molecule is NC(N)=C/C=C(\N)c1ccc(C(F)(F)F)cc1OCC1CC1. The van der Waals surface area contributed by atoms with Crippen LogP contribution >= 0.6 is 0 Å².